The highest BCUT2D eigenvalue weighted by molar-refractivity contribution is 7.17. The summed E-state index contributed by atoms with van der Waals surface area (Å²) >= 11 is 0.771. The number of fused-ring (bicyclic) bond motifs is 1. The second kappa shape index (κ2) is 26.7. The summed E-state index contributed by atoms with van der Waals surface area (Å²) < 4.78 is 103. The van der Waals surface area contributed by atoms with Crippen molar-refractivity contribution in [2.75, 3.05) is 63.4 Å². The molecule has 1 saturated heterocycles. The first-order chi connectivity index (χ1) is 35.1. The third-order valence-electron chi connectivity index (χ3n) is 10.4. The minimum atomic E-state index is -2.41. The number of aromatic carboxylic acids is 1. The van der Waals surface area contributed by atoms with Crippen LogP contribution in [0.5, 0.6) is 11.5 Å². The number of hydrogen-bond donors (Lipinski definition) is 9. The summed E-state index contributed by atoms with van der Waals surface area (Å²) in [6, 6.07) is 3.84. The number of aliphatic carboxylic acids is 2. The fourth-order valence-corrected chi connectivity index (χ4v) is 7.98. The van der Waals surface area contributed by atoms with Crippen LogP contribution in [0, 0.1) is 29.1 Å². The fourth-order valence-electron chi connectivity index (χ4n) is 6.73. The maximum Gasteiger partial charge on any atom is 0.410 e. The van der Waals surface area contributed by atoms with Gasteiger partial charge in [-0.1, -0.05) is 6.07 Å². The molecule has 2 aliphatic rings. The van der Waals surface area contributed by atoms with E-state index in [1.807, 2.05) is 5.32 Å². The molecule has 4 amide bonds. The average Bonchev–Trinajstić information content (AvgIpc) is 3.72. The maximum absolute atomic E-state index is 13.7. The Labute approximate surface area is 416 Å². The van der Waals surface area contributed by atoms with Crippen molar-refractivity contribution in [3.63, 3.8) is 0 Å². The Kier molecular flexibility index (Phi) is 20.9. The van der Waals surface area contributed by atoms with Gasteiger partial charge in [0, 0.05) is 30.8 Å². The number of benzene rings is 2. The van der Waals surface area contributed by atoms with Gasteiger partial charge in [0.15, 0.2) is 6.10 Å². The molecular weight excluding hydrogens is 1040 g/mol. The summed E-state index contributed by atoms with van der Waals surface area (Å²) in [4.78, 5) is 98.5. The SMILES string of the molecule is O=C(CCOCCOCCOCCC(=O)Oc1c(F)c(F)c(F)c(F)c1F)NCCC(=O)Nc1cc(COC(=O)N2CCc3c(sc(NC(=O)C(=O)O)c3C(=O)O)C2)ccc1O[C@@H]1O[C@H](C(=O)O)[C@@H](O)[C@H](O)[C@H]1O. The van der Waals surface area contributed by atoms with Crippen LogP contribution >= 0.6 is 11.3 Å². The van der Waals surface area contributed by atoms with Crippen molar-refractivity contribution in [1.29, 1.82) is 0 Å². The van der Waals surface area contributed by atoms with Gasteiger partial charge in [0.1, 0.15) is 35.7 Å². The highest BCUT2D eigenvalue weighted by Gasteiger charge is 2.48. The molecule has 2 aromatic carbocycles. The van der Waals surface area contributed by atoms with Crippen LogP contribution in [0.3, 0.4) is 0 Å². The molecule has 74 heavy (non-hydrogen) atoms. The van der Waals surface area contributed by atoms with E-state index in [4.69, 9.17) is 33.5 Å². The lowest BCUT2D eigenvalue weighted by Crippen LogP contribution is -2.61. The summed E-state index contributed by atoms with van der Waals surface area (Å²) in [6.45, 7) is -1.30. The molecule has 31 heteroatoms. The number of rotatable bonds is 24. The lowest BCUT2D eigenvalue weighted by molar-refractivity contribution is -0.271. The molecule has 9 N–H and O–H groups in total. The zero-order valence-electron chi connectivity index (χ0n) is 38.1. The summed E-state index contributed by atoms with van der Waals surface area (Å²) in [5.41, 5.74) is 0.0458. The average molecular weight is 1080 g/mol. The molecule has 1 aromatic heterocycles. The molecule has 0 bridgehead atoms. The molecule has 0 spiro atoms. The summed E-state index contributed by atoms with van der Waals surface area (Å²) in [5.74, 6) is -22.6. The van der Waals surface area contributed by atoms with Crippen LogP contribution in [-0.4, -0.2) is 167 Å². The van der Waals surface area contributed by atoms with Crippen LogP contribution in [-0.2, 0) is 72.0 Å². The molecule has 25 nitrogen and oxygen atoms in total. The maximum atomic E-state index is 13.7. The number of amides is 4. The van der Waals surface area contributed by atoms with Crippen LogP contribution in [0.4, 0.5) is 37.4 Å². The van der Waals surface area contributed by atoms with Crippen molar-refractivity contribution in [2.45, 2.75) is 69.5 Å². The van der Waals surface area contributed by atoms with Gasteiger partial charge in [-0.2, -0.15) is 8.78 Å². The Bertz CT molecular complexity index is 2580. The van der Waals surface area contributed by atoms with E-state index in [0.29, 0.717) is 10.4 Å². The molecule has 0 unspecified atom stereocenters. The summed E-state index contributed by atoms with van der Waals surface area (Å²) in [5, 5.41) is 65.9. The number of carboxylic acid groups (broad SMARTS) is 3. The van der Waals surface area contributed by atoms with Crippen LogP contribution in [0.15, 0.2) is 18.2 Å². The van der Waals surface area contributed by atoms with E-state index in [2.05, 4.69) is 15.4 Å². The zero-order valence-corrected chi connectivity index (χ0v) is 38.9. The Balaban J connectivity index is 1.06. The lowest BCUT2D eigenvalue weighted by Gasteiger charge is -2.38. The van der Waals surface area contributed by atoms with Gasteiger partial charge in [-0.3, -0.25) is 19.2 Å². The first kappa shape index (κ1) is 57.8. The van der Waals surface area contributed by atoms with Gasteiger partial charge in [-0.15, -0.1) is 11.3 Å². The van der Waals surface area contributed by atoms with E-state index in [-0.39, 0.29) is 106 Å². The van der Waals surface area contributed by atoms with E-state index in [1.54, 1.807) is 0 Å². The second-order valence-electron chi connectivity index (χ2n) is 15.5. The number of halogens is 5. The number of nitrogens with one attached hydrogen (secondary N) is 3. The number of carbonyl (C=O) groups is 8. The van der Waals surface area contributed by atoms with Crippen molar-refractivity contribution < 1.29 is 124 Å². The molecule has 3 aromatic rings. The summed E-state index contributed by atoms with van der Waals surface area (Å²) in [6.07, 6.45) is -12.0. The van der Waals surface area contributed by atoms with E-state index < -0.39 is 126 Å². The van der Waals surface area contributed by atoms with Crippen molar-refractivity contribution in [2.24, 2.45) is 0 Å². The van der Waals surface area contributed by atoms with Gasteiger partial charge in [-0.25, -0.2) is 32.3 Å². The predicted octanol–water partition coefficient (Wildman–Crippen LogP) is 1.01. The number of esters is 1. The minimum absolute atomic E-state index is 0.00995. The number of carbonyl (C=O) groups excluding carboxylic acids is 5. The van der Waals surface area contributed by atoms with Gasteiger partial charge in [0.25, 0.3) is 0 Å². The second-order valence-corrected chi connectivity index (χ2v) is 16.6. The smallest absolute Gasteiger partial charge is 0.410 e. The Morgan fingerprint density at radius 1 is 0.743 bits per heavy atom. The monoisotopic (exact) mass is 1080 g/mol. The molecule has 404 valence electrons. The van der Waals surface area contributed by atoms with Gasteiger partial charge >= 0.3 is 35.9 Å². The number of thiophene rings is 1. The highest BCUT2D eigenvalue weighted by atomic mass is 32.1. The van der Waals surface area contributed by atoms with Crippen molar-refractivity contribution >= 4 is 69.7 Å². The standard InChI is InChI=1S/C43H45F5N4O21S/c44-27-28(45)30(47)35(31(48)29(27)46)72-25(55)6-10-68-12-14-69-13-11-67-9-5-23(53)49-7-3-24(54)50-20-15-18(1-2-21(20)71-42-34(58)32(56)33(57)36(73-42)40(62)63)17-70-43(66)52-8-4-19-22(16-52)74-38(26(19)39(60)61)51-37(59)41(64)65/h1-2,15,32-34,36,42,56-58H,3-14,16-17H2,(H,49,53)(H,50,54)(H,51,59)(H,60,61)(H,62,63)(H,64,65)/t32-,33-,34+,36-,42+/m0/s1. The number of nitrogens with zero attached hydrogens (tertiary/aromatic N) is 1. The number of ether oxygens (including phenoxy) is 7. The molecule has 5 rings (SSSR count). The normalized spacial score (nSPS) is 18.2. The molecule has 0 saturated carbocycles. The molecule has 0 radical (unpaired) electrons. The van der Waals surface area contributed by atoms with Crippen molar-refractivity contribution in [3.05, 3.63) is 68.9 Å². The van der Waals surface area contributed by atoms with Crippen LogP contribution < -0.4 is 25.4 Å². The zero-order chi connectivity index (χ0) is 54.4. The van der Waals surface area contributed by atoms with Gasteiger partial charge in [-0.05, 0) is 29.7 Å². The quantitative estimate of drug-likeness (QED) is 0.0115. The van der Waals surface area contributed by atoms with E-state index in [9.17, 15) is 85.8 Å². The van der Waals surface area contributed by atoms with Gasteiger partial charge in [0.2, 0.25) is 52.9 Å². The first-order valence-corrected chi connectivity index (χ1v) is 22.5. The van der Waals surface area contributed by atoms with Crippen molar-refractivity contribution in [1.82, 2.24) is 10.2 Å². The minimum Gasteiger partial charge on any atom is -0.479 e. The number of aliphatic hydroxyl groups excluding tert-OH is 3. The van der Waals surface area contributed by atoms with Gasteiger partial charge < -0.3 is 84.6 Å². The first-order valence-electron chi connectivity index (χ1n) is 21.7. The van der Waals surface area contributed by atoms with Crippen molar-refractivity contribution in [3.8, 4) is 11.5 Å². The molecule has 2 aliphatic heterocycles. The molecular formula is C43H45F5N4O21S. The van der Waals surface area contributed by atoms with Crippen LogP contribution in [0.25, 0.3) is 0 Å². The largest absolute Gasteiger partial charge is 0.479 e. The van der Waals surface area contributed by atoms with E-state index in [0.717, 1.165) is 11.3 Å². The Morgan fingerprint density at radius 3 is 1.99 bits per heavy atom. The van der Waals surface area contributed by atoms with E-state index >= 15 is 0 Å². The number of hydrogen-bond acceptors (Lipinski definition) is 19. The van der Waals surface area contributed by atoms with E-state index in [1.165, 1.54) is 23.1 Å². The van der Waals surface area contributed by atoms with Crippen LogP contribution in [0.2, 0.25) is 0 Å². The molecule has 3 heterocycles. The molecule has 0 aliphatic carbocycles. The highest BCUT2D eigenvalue weighted by Crippen LogP contribution is 2.38. The lowest BCUT2D eigenvalue weighted by atomic mass is 9.99. The third kappa shape index (κ3) is 15.2. The van der Waals surface area contributed by atoms with Gasteiger partial charge in [0.05, 0.1) is 63.9 Å². The topological polar surface area (TPSA) is 362 Å². The third-order valence-corrected chi connectivity index (χ3v) is 11.5. The molecule has 5 atom stereocenters. The number of aliphatic hydroxyl groups is 3. The number of anilines is 2. The molecule has 1 fully saturated rings. The fraction of sp³-hybridized carbons (Fsp3) is 0.442. The predicted molar refractivity (Wildman–Crippen MR) is 233 cm³/mol. The number of carboxylic acids is 3. The Morgan fingerprint density at radius 2 is 1.36 bits per heavy atom. The van der Waals surface area contributed by atoms with Crippen LogP contribution in [0.1, 0.15) is 45.6 Å². The summed E-state index contributed by atoms with van der Waals surface area (Å²) in [7, 11) is 0. The Hall–Kier alpha value is -7.13.